The molecular weight excluding hydrogens is 299 g/mol. The van der Waals surface area contributed by atoms with Crippen LogP contribution in [0.2, 0.25) is 0 Å². The quantitative estimate of drug-likeness (QED) is 0.749. The first-order valence-electron chi connectivity index (χ1n) is 7.03. The molecule has 2 fully saturated rings. The van der Waals surface area contributed by atoms with E-state index in [1.54, 1.807) is 0 Å². The van der Waals surface area contributed by atoms with Gasteiger partial charge in [0.1, 0.15) is 0 Å². The lowest BCUT2D eigenvalue weighted by Gasteiger charge is -2.26. The molecule has 0 spiro atoms. The molecule has 2 heterocycles. The molecule has 2 aliphatic heterocycles. The molecule has 1 aromatic rings. The fourth-order valence-electron chi connectivity index (χ4n) is 2.90. The number of carbonyl (C=O) groups excluding carboxylic acids is 2. The molecule has 118 valence electrons. The topological polar surface area (TPSA) is 46.6 Å². The van der Waals surface area contributed by atoms with Gasteiger partial charge in [0, 0.05) is 0 Å². The van der Waals surface area contributed by atoms with Crippen molar-refractivity contribution in [2.24, 2.45) is 0 Å². The summed E-state index contributed by atoms with van der Waals surface area (Å²) in [6.45, 7) is 0. The monoisotopic (exact) mass is 313 g/mol. The van der Waals surface area contributed by atoms with Gasteiger partial charge in [0.05, 0.1) is 36.3 Å². The van der Waals surface area contributed by atoms with Gasteiger partial charge in [0.2, 0.25) is 11.8 Å². The third kappa shape index (κ3) is 2.85. The van der Waals surface area contributed by atoms with E-state index < -0.39 is 23.6 Å². The molecular formula is C15H14F3NO3. The zero-order valence-electron chi connectivity index (χ0n) is 11.6. The summed E-state index contributed by atoms with van der Waals surface area (Å²) in [5.41, 5.74) is -0.919. The van der Waals surface area contributed by atoms with Crippen LogP contribution in [0.4, 0.5) is 18.9 Å². The summed E-state index contributed by atoms with van der Waals surface area (Å²) >= 11 is 0. The Labute approximate surface area is 124 Å². The molecule has 0 radical (unpaired) electrons. The fourth-order valence-corrected chi connectivity index (χ4v) is 2.90. The predicted molar refractivity (Wildman–Crippen MR) is 71.1 cm³/mol. The SMILES string of the molecule is O=C1CC2CCC(CC(=O)N1c1cccc(C(F)(F)F)c1)O2. The maximum atomic E-state index is 12.8. The second-order valence-electron chi connectivity index (χ2n) is 5.54. The number of rotatable bonds is 1. The predicted octanol–water partition coefficient (Wildman–Crippen LogP) is 2.91. The van der Waals surface area contributed by atoms with Crippen LogP contribution in [0, 0.1) is 0 Å². The molecule has 0 aromatic heterocycles. The van der Waals surface area contributed by atoms with Gasteiger partial charge in [-0.2, -0.15) is 13.2 Å². The summed E-state index contributed by atoms with van der Waals surface area (Å²) in [5, 5.41) is 0. The van der Waals surface area contributed by atoms with Crippen LogP contribution >= 0.6 is 0 Å². The Kier molecular flexibility index (Phi) is 3.68. The first-order valence-corrected chi connectivity index (χ1v) is 7.03. The average Bonchev–Trinajstić information content (AvgIpc) is 2.85. The van der Waals surface area contributed by atoms with E-state index in [9.17, 15) is 22.8 Å². The Bertz CT molecular complexity index is 590. The van der Waals surface area contributed by atoms with Crippen LogP contribution in [0.1, 0.15) is 31.2 Å². The van der Waals surface area contributed by atoms with Crippen molar-refractivity contribution in [3.8, 4) is 0 Å². The van der Waals surface area contributed by atoms with Gasteiger partial charge in [0.25, 0.3) is 0 Å². The zero-order valence-corrected chi connectivity index (χ0v) is 11.6. The van der Waals surface area contributed by atoms with E-state index >= 15 is 0 Å². The number of halogens is 3. The molecule has 2 saturated heterocycles. The maximum absolute atomic E-state index is 12.8. The van der Waals surface area contributed by atoms with Gasteiger partial charge in [-0.1, -0.05) is 6.07 Å². The van der Waals surface area contributed by atoms with Crippen molar-refractivity contribution in [2.75, 3.05) is 4.90 Å². The van der Waals surface area contributed by atoms with Crippen LogP contribution in [0.3, 0.4) is 0 Å². The lowest BCUT2D eigenvalue weighted by molar-refractivity contribution is -0.138. The summed E-state index contributed by atoms with van der Waals surface area (Å²) in [6, 6.07) is 4.29. The smallest absolute Gasteiger partial charge is 0.374 e. The third-order valence-corrected chi connectivity index (χ3v) is 3.93. The van der Waals surface area contributed by atoms with E-state index in [0.29, 0.717) is 12.8 Å². The first kappa shape index (κ1) is 15.0. The number of fused-ring (bicyclic) bond motifs is 2. The van der Waals surface area contributed by atoms with Crippen molar-refractivity contribution in [1.29, 1.82) is 0 Å². The van der Waals surface area contributed by atoms with Crippen molar-refractivity contribution in [3.63, 3.8) is 0 Å². The zero-order chi connectivity index (χ0) is 15.9. The molecule has 2 unspecified atom stereocenters. The molecule has 1 aromatic carbocycles. The van der Waals surface area contributed by atoms with Gasteiger partial charge in [-0.3, -0.25) is 14.5 Å². The Balaban J connectivity index is 1.94. The van der Waals surface area contributed by atoms with E-state index in [1.165, 1.54) is 12.1 Å². The van der Waals surface area contributed by atoms with E-state index in [-0.39, 0.29) is 30.7 Å². The summed E-state index contributed by atoms with van der Waals surface area (Å²) < 4.78 is 44.0. The van der Waals surface area contributed by atoms with Gasteiger partial charge < -0.3 is 4.74 Å². The van der Waals surface area contributed by atoms with Crippen LogP contribution in [0.25, 0.3) is 0 Å². The minimum Gasteiger partial charge on any atom is -0.374 e. The van der Waals surface area contributed by atoms with E-state index in [0.717, 1.165) is 17.0 Å². The molecule has 3 rings (SSSR count). The van der Waals surface area contributed by atoms with Crippen molar-refractivity contribution in [2.45, 2.75) is 44.1 Å². The van der Waals surface area contributed by atoms with Crippen LogP contribution < -0.4 is 4.90 Å². The largest absolute Gasteiger partial charge is 0.416 e. The van der Waals surface area contributed by atoms with Crippen molar-refractivity contribution in [1.82, 2.24) is 0 Å². The fraction of sp³-hybridized carbons (Fsp3) is 0.467. The molecule has 0 N–H and O–H groups in total. The molecule has 0 aliphatic carbocycles. The Hall–Kier alpha value is -1.89. The van der Waals surface area contributed by atoms with E-state index in [1.807, 2.05) is 0 Å². The molecule has 7 heteroatoms. The van der Waals surface area contributed by atoms with Crippen LogP contribution in [-0.2, 0) is 20.5 Å². The third-order valence-electron chi connectivity index (χ3n) is 3.93. The molecule has 2 aliphatic rings. The highest BCUT2D eigenvalue weighted by atomic mass is 19.4. The standard InChI is InChI=1S/C15H14F3NO3/c16-15(17,18)9-2-1-3-10(6-9)19-13(20)7-11-4-5-12(22-11)8-14(19)21/h1-3,6,11-12H,4-5,7-8H2. The van der Waals surface area contributed by atoms with Gasteiger partial charge >= 0.3 is 6.18 Å². The minimum atomic E-state index is -4.52. The Morgan fingerprint density at radius 2 is 1.64 bits per heavy atom. The first-order chi connectivity index (χ1) is 10.3. The number of amides is 2. The highest BCUT2D eigenvalue weighted by Gasteiger charge is 2.38. The molecule has 2 atom stereocenters. The highest BCUT2D eigenvalue weighted by molar-refractivity contribution is 6.15. The molecule has 22 heavy (non-hydrogen) atoms. The molecule has 2 amide bonds. The van der Waals surface area contributed by atoms with Gasteiger partial charge in [-0.15, -0.1) is 0 Å². The van der Waals surface area contributed by atoms with Crippen molar-refractivity contribution >= 4 is 17.5 Å². The van der Waals surface area contributed by atoms with Crippen LogP contribution in [-0.4, -0.2) is 24.0 Å². The van der Waals surface area contributed by atoms with E-state index in [2.05, 4.69) is 0 Å². The summed E-state index contributed by atoms with van der Waals surface area (Å²) in [5.74, 6) is -1.04. The number of alkyl halides is 3. The maximum Gasteiger partial charge on any atom is 0.416 e. The van der Waals surface area contributed by atoms with E-state index in [4.69, 9.17) is 4.74 Å². The number of carbonyl (C=O) groups is 2. The number of ether oxygens (including phenoxy) is 1. The van der Waals surface area contributed by atoms with Crippen LogP contribution in [0.5, 0.6) is 0 Å². The normalized spacial score (nSPS) is 26.0. The second kappa shape index (κ2) is 5.39. The van der Waals surface area contributed by atoms with Crippen molar-refractivity contribution < 1.29 is 27.5 Å². The second-order valence-corrected chi connectivity index (χ2v) is 5.54. The Morgan fingerprint density at radius 3 is 2.18 bits per heavy atom. The summed E-state index contributed by atoms with van der Waals surface area (Å²) in [6.07, 6.45) is -3.61. The van der Waals surface area contributed by atoms with Gasteiger partial charge in [-0.05, 0) is 31.0 Å². The van der Waals surface area contributed by atoms with Gasteiger partial charge in [-0.25, -0.2) is 0 Å². The summed E-state index contributed by atoms with van der Waals surface area (Å²) in [4.78, 5) is 25.4. The summed E-state index contributed by atoms with van der Waals surface area (Å²) in [7, 11) is 0. The number of benzene rings is 1. The van der Waals surface area contributed by atoms with Gasteiger partial charge in [0.15, 0.2) is 0 Å². The number of hydrogen-bond donors (Lipinski definition) is 0. The lowest BCUT2D eigenvalue weighted by Crippen LogP contribution is -2.42. The number of anilines is 1. The number of hydrogen-bond acceptors (Lipinski definition) is 3. The van der Waals surface area contributed by atoms with Crippen LogP contribution in [0.15, 0.2) is 24.3 Å². The number of nitrogens with zero attached hydrogens (tertiary/aromatic N) is 1. The lowest BCUT2D eigenvalue weighted by atomic mass is 10.1. The van der Waals surface area contributed by atoms with Crippen molar-refractivity contribution in [3.05, 3.63) is 29.8 Å². The minimum absolute atomic E-state index is 0.0124. The Morgan fingerprint density at radius 1 is 1.05 bits per heavy atom. The average molecular weight is 313 g/mol. The molecule has 0 saturated carbocycles. The number of imide groups is 1. The molecule has 4 nitrogen and oxygen atoms in total. The molecule has 2 bridgehead atoms. The highest BCUT2D eigenvalue weighted by Crippen LogP contribution is 2.34.